The number of hydrogen-bond donors (Lipinski definition) is 3. The second-order valence-corrected chi connectivity index (χ2v) is 33.3. The number of aliphatic hydroxyl groups excluding tert-OH is 1. The Bertz CT molecular complexity index is 1940. The summed E-state index contributed by atoms with van der Waals surface area (Å²) < 4.78 is 68.8. The van der Waals surface area contributed by atoms with E-state index in [-0.39, 0.29) is 25.7 Å². The van der Waals surface area contributed by atoms with Crippen LogP contribution in [0.5, 0.6) is 0 Å². The fourth-order valence-corrected chi connectivity index (χ4v) is 14.5. The molecular formula is C83H162O17P2. The smallest absolute Gasteiger partial charge is 0.462 e. The Balaban J connectivity index is 5.21. The molecule has 3 N–H and O–H groups in total. The van der Waals surface area contributed by atoms with Gasteiger partial charge < -0.3 is 33.8 Å². The van der Waals surface area contributed by atoms with E-state index in [9.17, 15) is 43.2 Å². The van der Waals surface area contributed by atoms with Crippen molar-refractivity contribution >= 4 is 39.5 Å². The van der Waals surface area contributed by atoms with Crippen molar-refractivity contribution in [1.82, 2.24) is 0 Å². The fourth-order valence-electron chi connectivity index (χ4n) is 12.9. The maximum atomic E-state index is 13.1. The molecule has 0 saturated carbocycles. The predicted octanol–water partition coefficient (Wildman–Crippen LogP) is 25.2. The molecule has 0 rings (SSSR count). The Morgan fingerprint density at radius 3 is 0.667 bits per heavy atom. The molecule has 0 fully saturated rings. The Labute approximate surface area is 626 Å². The number of aliphatic hydroxyl groups is 1. The van der Waals surface area contributed by atoms with Gasteiger partial charge in [-0.3, -0.25) is 37.3 Å². The first-order chi connectivity index (χ1) is 49.5. The number of phosphoric ester groups is 2. The van der Waals surface area contributed by atoms with E-state index in [0.29, 0.717) is 25.7 Å². The molecule has 17 nitrogen and oxygen atoms in total. The van der Waals surface area contributed by atoms with E-state index in [0.717, 1.165) is 95.8 Å². The lowest BCUT2D eigenvalue weighted by Crippen LogP contribution is -2.30. The van der Waals surface area contributed by atoms with Gasteiger partial charge in [-0.25, -0.2) is 9.13 Å². The minimum absolute atomic E-state index is 0.108. The van der Waals surface area contributed by atoms with Crippen LogP contribution >= 0.6 is 15.6 Å². The monoisotopic (exact) mass is 1490 g/mol. The first-order valence-corrected chi connectivity index (χ1v) is 46.1. The number of carbonyl (C=O) groups is 4. The zero-order valence-corrected chi connectivity index (χ0v) is 68.5. The average Bonchev–Trinajstić information content (AvgIpc) is 0.927. The zero-order valence-electron chi connectivity index (χ0n) is 66.8. The van der Waals surface area contributed by atoms with Crippen LogP contribution in [0.1, 0.15) is 446 Å². The SMILES string of the molecule is CCCCCCCCCCCCCCCCCCCCCCC(=O)O[C@H](COC(=O)CCCCCCCCCCCCCCCCCCC)COP(=O)(O)OC[C@@H](O)COP(=O)(O)OC[C@@H](COC(=O)CCCCCCCCCCC)OC(=O)CCCCCCCCCCCCCCCC(C)C. The fraction of sp³-hybridized carbons (Fsp3) is 0.952. The molecular weight excluding hydrogens is 1330 g/mol. The molecule has 102 heavy (non-hydrogen) atoms. The van der Waals surface area contributed by atoms with Crippen LogP contribution in [0.4, 0.5) is 0 Å². The van der Waals surface area contributed by atoms with Gasteiger partial charge in [0.2, 0.25) is 0 Å². The van der Waals surface area contributed by atoms with Crippen LogP contribution in [0, 0.1) is 5.92 Å². The average molecular weight is 1490 g/mol. The van der Waals surface area contributed by atoms with E-state index < -0.39 is 97.5 Å². The minimum atomic E-state index is -4.96. The molecule has 0 aliphatic heterocycles. The van der Waals surface area contributed by atoms with Gasteiger partial charge in [0.05, 0.1) is 26.4 Å². The van der Waals surface area contributed by atoms with E-state index >= 15 is 0 Å². The lowest BCUT2D eigenvalue weighted by molar-refractivity contribution is -0.161. The Morgan fingerprint density at radius 1 is 0.265 bits per heavy atom. The molecule has 606 valence electrons. The summed E-state index contributed by atoms with van der Waals surface area (Å²) in [5.74, 6) is -1.32. The van der Waals surface area contributed by atoms with Crippen molar-refractivity contribution in [3.05, 3.63) is 0 Å². The lowest BCUT2D eigenvalue weighted by atomic mass is 10.0. The van der Waals surface area contributed by atoms with Crippen molar-refractivity contribution in [3.8, 4) is 0 Å². The quantitative estimate of drug-likeness (QED) is 0.0222. The minimum Gasteiger partial charge on any atom is -0.462 e. The summed E-state index contributed by atoms with van der Waals surface area (Å²) in [6.45, 7) is 7.35. The highest BCUT2D eigenvalue weighted by Crippen LogP contribution is 2.45. The highest BCUT2D eigenvalue weighted by atomic mass is 31.2. The van der Waals surface area contributed by atoms with Gasteiger partial charge in [0.1, 0.15) is 19.3 Å². The van der Waals surface area contributed by atoms with Gasteiger partial charge in [-0.05, 0) is 31.6 Å². The van der Waals surface area contributed by atoms with Gasteiger partial charge in [-0.2, -0.15) is 0 Å². The van der Waals surface area contributed by atoms with Gasteiger partial charge in [0.25, 0.3) is 0 Å². The predicted molar refractivity (Wildman–Crippen MR) is 418 cm³/mol. The summed E-state index contributed by atoms with van der Waals surface area (Å²) in [6.07, 6.45) is 68.0. The Morgan fingerprint density at radius 2 is 0.451 bits per heavy atom. The van der Waals surface area contributed by atoms with Gasteiger partial charge in [0.15, 0.2) is 12.2 Å². The van der Waals surface area contributed by atoms with Crippen LogP contribution in [0.25, 0.3) is 0 Å². The lowest BCUT2D eigenvalue weighted by Gasteiger charge is -2.21. The van der Waals surface area contributed by atoms with Gasteiger partial charge in [-0.1, -0.05) is 394 Å². The molecule has 19 heteroatoms. The summed E-state index contributed by atoms with van der Waals surface area (Å²) in [5.41, 5.74) is 0. The number of ether oxygens (including phenoxy) is 4. The van der Waals surface area contributed by atoms with Crippen molar-refractivity contribution < 1.29 is 80.2 Å². The number of carbonyl (C=O) groups excluding carboxylic acids is 4. The van der Waals surface area contributed by atoms with Gasteiger partial charge in [0, 0.05) is 25.7 Å². The third-order valence-electron chi connectivity index (χ3n) is 19.5. The highest BCUT2D eigenvalue weighted by molar-refractivity contribution is 7.47. The topological polar surface area (TPSA) is 237 Å². The van der Waals surface area contributed by atoms with Crippen LogP contribution in [-0.2, 0) is 65.4 Å². The van der Waals surface area contributed by atoms with Crippen LogP contribution in [-0.4, -0.2) is 96.7 Å². The third kappa shape index (κ3) is 76.3. The maximum absolute atomic E-state index is 13.1. The Kier molecular flexibility index (Phi) is 74.4. The van der Waals surface area contributed by atoms with Crippen molar-refractivity contribution in [2.24, 2.45) is 5.92 Å². The summed E-state index contributed by atoms with van der Waals surface area (Å²) in [5, 5.41) is 10.7. The summed E-state index contributed by atoms with van der Waals surface area (Å²) in [4.78, 5) is 73.1. The van der Waals surface area contributed by atoms with Crippen LogP contribution in [0.15, 0.2) is 0 Å². The zero-order chi connectivity index (χ0) is 74.8. The molecule has 5 atom stereocenters. The maximum Gasteiger partial charge on any atom is 0.472 e. The van der Waals surface area contributed by atoms with E-state index in [2.05, 4.69) is 34.6 Å². The van der Waals surface area contributed by atoms with Crippen molar-refractivity contribution in [3.63, 3.8) is 0 Å². The standard InChI is InChI=1S/C83H162O17P2/c1-6-9-12-15-18-21-23-25-27-29-30-31-33-35-39-43-48-53-58-63-68-82(87)100-79(73-94-81(86)67-62-57-52-47-42-38-34-32-28-26-24-22-19-16-13-10-7-2)75-98-102(91,92)96-71-77(84)70-95-101(89,90)97-74-78(72-93-80(85)66-61-56-51-45-20-17-14-11-8-3)99-83(88)69-64-59-54-49-44-40-36-37-41-46-50-55-60-65-76(4)5/h76-79,84H,6-75H2,1-5H3,(H,89,90)(H,91,92)/t77-,78+,79+/m0/s1. The molecule has 0 heterocycles. The van der Waals surface area contributed by atoms with E-state index in [1.54, 1.807) is 0 Å². The van der Waals surface area contributed by atoms with Crippen LogP contribution in [0.2, 0.25) is 0 Å². The summed E-state index contributed by atoms with van der Waals surface area (Å²) in [7, 11) is -9.92. The molecule has 0 amide bonds. The number of hydrogen-bond acceptors (Lipinski definition) is 15. The van der Waals surface area contributed by atoms with E-state index in [4.69, 9.17) is 37.0 Å². The second kappa shape index (κ2) is 75.9. The first-order valence-electron chi connectivity index (χ1n) is 43.1. The first kappa shape index (κ1) is 100. The number of rotatable bonds is 83. The van der Waals surface area contributed by atoms with E-state index in [1.165, 1.54) is 270 Å². The third-order valence-corrected chi connectivity index (χ3v) is 21.4. The molecule has 0 aliphatic carbocycles. The molecule has 0 spiro atoms. The van der Waals surface area contributed by atoms with Crippen molar-refractivity contribution in [1.29, 1.82) is 0 Å². The largest absolute Gasteiger partial charge is 0.472 e. The molecule has 2 unspecified atom stereocenters. The summed E-state index contributed by atoms with van der Waals surface area (Å²) >= 11 is 0. The van der Waals surface area contributed by atoms with Gasteiger partial charge in [-0.15, -0.1) is 0 Å². The second-order valence-electron chi connectivity index (χ2n) is 30.3. The molecule has 0 aromatic heterocycles. The molecule has 0 radical (unpaired) electrons. The molecule has 0 aromatic carbocycles. The molecule has 0 aliphatic rings. The number of phosphoric acid groups is 2. The molecule has 0 aromatic rings. The number of esters is 4. The number of unbranched alkanes of at least 4 members (excludes halogenated alkanes) is 55. The van der Waals surface area contributed by atoms with Crippen LogP contribution in [0.3, 0.4) is 0 Å². The molecule has 0 bridgehead atoms. The van der Waals surface area contributed by atoms with Crippen molar-refractivity contribution in [2.45, 2.75) is 464 Å². The summed E-state index contributed by atoms with van der Waals surface area (Å²) in [6, 6.07) is 0. The van der Waals surface area contributed by atoms with Gasteiger partial charge >= 0.3 is 39.5 Å². The van der Waals surface area contributed by atoms with Crippen molar-refractivity contribution in [2.75, 3.05) is 39.6 Å². The highest BCUT2D eigenvalue weighted by Gasteiger charge is 2.30. The van der Waals surface area contributed by atoms with E-state index in [1.807, 2.05) is 0 Å². The molecule has 0 saturated heterocycles. The normalized spacial score (nSPS) is 13.8. The Hall–Kier alpha value is -1.94. The van der Waals surface area contributed by atoms with Crippen LogP contribution < -0.4 is 0 Å².